The highest BCUT2D eigenvalue weighted by Crippen LogP contribution is 2.51. The van der Waals surface area contributed by atoms with Gasteiger partial charge in [-0.2, -0.15) is 0 Å². The van der Waals surface area contributed by atoms with Gasteiger partial charge in [0.2, 0.25) is 0 Å². The molecule has 0 saturated heterocycles. The topological polar surface area (TPSA) is 26.0 Å². The van der Waals surface area contributed by atoms with Crippen LogP contribution in [0.15, 0.2) is 144 Å². The minimum Gasteiger partial charge on any atom is -0.455 e. The van der Waals surface area contributed by atoms with Crippen LogP contribution in [-0.4, -0.2) is 4.98 Å². The number of hydrogen-bond donors (Lipinski definition) is 0. The highest BCUT2D eigenvalue weighted by atomic mass is 16.3. The van der Waals surface area contributed by atoms with Crippen molar-refractivity contribution in [2.24, 2.45) is 0 Å². The Morgan fingerprint density at radius 1 is 0.457 bits per heavy atom. The van der Waals surface area contributed by atoms with Crippen molar-refractivity contribution in [2.75, 3.05) is 0 Å². The van der Waals surface area contributed by atoms with E-state index >= 15 is 0 Å². The van der Waals surface area contributed by atoms with Crippen LogP contribution in [0.4, 0.5) is 0 Å². The summed E-state index contributed by atoms with van der Waals surface area (Å²) in [5, 5.41) is 10.1. The Hall–Kier alpha value is -5.73. The van der Waals surface area contributed by atoms with Crippen molar-refractivity contribution in [1.82, 2.24) is 4.98 Å². The van der Waals surface area contributed by atoms with Gasteiger partial charge in [0.05, 0.1) is 11.4 Å². The van der Waals surface area contributed by atoms with Crippen LogP contribution in [0.2, 0.25) is 0 Å². The fourth-order valence-electron chi connectivity index (χ4n) is 7.96. The summed E-state index contributed by atoms with van der Waals surface area (Å²) in [5.74, 6) is 0. The number of para-hydroxylation sites is 2. The van der Waals surface area contributed by atoms with Gasteiger partial charge in [-0.3, -0.25) is 0 Å². The van der Waals surface area contributed by atoms with Crippen LogP contribution in [0.3, 0.4) is 0 Å². The molecule has 46 heavy (non-hydrogen) atoms. The molecule has 0 amide bonds. The number of pyridine rings is 1. The van der Waals surface area contributed by atoms with Gasteiger partial charge in [0.15, 0.2) is 0 Å². The Kier molecular flexibility index (Phi) is 5.09. The van der Waals surface area contributed by atoms with E-state index in [1.54, 1.807) is 0 Å². The molecule has 216 valence electrons. The fraction of sp³-hybridized carbons (Fsp3) is 0.0682. The lowest BCUT2D eigenvalue weighted by molar-refractivity contribution is 0.660. The van der Waals surface area contributed by atoms with E-state index in [9.17, 15) is 0 Å². The van der Waals surface area contributed by atoms with E-state index in [4.69, 9.17) is 9.40 Å². The molecule has 1 aliphatic rings. The molecule has 10 rings (SSSR count). The quantitative estimate of drug-likeness (QED) is 0.188. The summed E-state index contributed by atoms with van der Waals surface area (Å²) in [5.41, 5.74) is 10.9. The minimum absolute atomic E-state index is 0.157. The predicted octanol–water partition coefficient (Wildman–Crippen LogP) is 12.1. The second kappa shape index (κ2) is 9.15. The number of fused-ring (bicyclic) bond motifs is 12. The first-order chi connectivity index (χ1) is 22.6. The number of furan rings is 1. The molecule has 0 aliphatic heterocycles. The molecule has 0 unspecified atom stereocenters. The van der Waals surface area contributed by atoms with Crippen molar-refractivity contribution in [2.45, 2.75) is 19.3 Å². The predicted molar refractivity (Wildman–Crippen MR) is 192 cm³/mol. The van der Waals surface area contributed by atoms with Crippen molar-refractivity contribution >= 4 is 54.3 Å². The second-order valence-corrected chi connectivity index (χ2v) is 13.1. The van der Waals surface area contributed by atoms with E-state index in [0.29, 0.717) is 0 Å². The lowest BCUT2D eigenvalue weighted by Gasteiger charge is -2.22. The van der Waals surface area contributed by atoms with Crippen LogP contribution in [-0.2, 0) is 5.41 Å². The number of benzene rings is 7. The van der Waals surface area contributed by atoms with Crippen molar-refractivity contribution in [3.8, 4) is 33.6 Å². The molecule has 0 radical (unpaired) electrons. The van der Waals surface area contributed by atoms with E-state index in [2.05, 4.69) is 141 Å². The molecule has 7 aromatic carbocycles. The summed E-state index contributed by atoms with van der Waals surface area (Å²) in [7, 11) is 0. The van der Waals surface area contributed by atoms with E-state index in [1.807, 2.05) is 12.1 Å². The summed E-state index contributed by atoms with van der Waals surface area (Å²) in [6, 6.07) is 50.3. The third-order valence-electron chi connectivity index (χ3n) is 10.3. The summed E-state index contributed by atoms with van der Waals surface area (Å²) >= 11 is 0. The zero-order valence-electron chi connectivity index (χ0n) is 25.6. The molecule has 1 aliphatic carbocycles. The fourth-order valence-corrected chi connectivity index (χ4v) is 7.96. The average Bonchev–Trinajstić information content (AvgIpc) is 3.59. The summed E-state index contributed by atoms with van der Waals surface area (Å²) < 4.78 is 6.38. The molecule has 0 N–H and O–H groups in total. The average molecular weight is 588 g/mol. The van der Waals surface area contributed by atoms with Gasteiger partial charge in [-0.25, -0.2) is 4.98 Å². The van der Waals surface area contributed by atoms with Gasteiger partial charge >= 0.3 is 0 Å². The normalized spacial score (nSPS) is 13.6. The lowest BCUT2D eigenvalue weighted by atomic mass is 9.81. The van der Waals surface area contributed by atoms with E-state index in [-0.39, 0.29) is 5.41 Å². The third-order valence-corrected chi connectivity index (χ3v) is 10.3. The highest BCUT2D eigenvalue weighted by molar-refractivity contribution is 6.26. The molecule has 0 bridgehead atoms. The first-order valence-electron chi connectivity index (χ1n) is 16.0. The van der Waals surface area contributed by atoms with Crippen molar-refractivity contribution in [1.29, 1.82) is 0 Å². The van der Waals surface area contributed by atoms with Crippen molar-refractivity contribution < 1.29 is 4.42 Å². The van der Waals surface area contributed by atoms with E-state index in [0.717, 1.165) is 50.0 Å². The number of nitrogens with zero attached hydrogens (tertiary/aromatic N) is 1. The van der Waals surface area contributed by atoms with Crippen LogP contribution in [0.1, 0.15) is 25.0 Å². The molecule has 2 nitrogen and oxygen atoms in total. The lowest BCUT2D eigenvalue weighted by Crippen LogP contribution is -2.15. The molecule has 0 spiro atoms. The number of hydrogen-bond acceptors (Lipinski definition) is 2. The zero-order valence-corrected chi connectivity index (χ0v) is 25.6. The van der Waals surface area contributed by atoms with Crippen LogP contribution in [0, 0.1) is 0 Å². The number of aromatic nitrogens is 1. The van der Waals surface area contributed by atoms with Gasteiger partial charge in [0, 0.05) is 32.9 Å². The molecule has 0 fully saturated rings. The van der Waals surface area contributed by atoms with E-state index < -0.39 is 0 Å². The third kappa shape index (κ3) is 3.44. The van der Waals surface area contributed by atoms with Gasteiger partial charge in [-0.1, -0.05) is 123 Å². The van der Waals surface area contributed by atoms with Gasteiger partial charge in [0.1, 0.15) is 11.2 Å². The monoisotopic (exact) mass is 587 g/mol. The Morgan fingerprint density at radius 2 is 1.07 bits per heavy atom. The highest BCUT2D eigenvalue weighted by Gasteiger charge is 2.37. The Morgan fingerprint density at radius 3 is 1.83 bits per heavy atom. The van der Waals surface area contributed by atoms with Crippen LogP contribution in [0.5, 0.6) is 0 Å². The van der Waals surface area contributed by atoms with Gasteiger partial charge in [-0.15, -0.1) is 0 Å². The second-order valence-electron chi connectivity index (χ2n) is 13.1. The van der Waals surface area contributed by atoms with Crippen LogP contribution in [0.25, 0.3) is 87.9 Å². The van der Waals surface area contributed by atoms with Gasteiger partial charge in [-0.05, 0) is 79.3 Å². The van der Waals surface area contributed by atoms with Crippen molar-refractivity contribution in [3.05, 3.63) is 151 Å². The Bertz CT molecular complexity index is 2730. The van der Waals surface area contributed by atoms with Crippen LogP contribution >= 0.6 is 0 Å². The molecule has 9 aromatic rings. The molecule has 2 heteroatoms. The maximum absolute atomic E-state index is 6.38. The first kappa shape index (κ1) is 25.6. The Labute approximate surface area is 266 Å². The molecule has 2 aromatic heterocycles. The van der Waals surface area contributed by atoms with E-state index in [1.165, 1.54) is 49.0 Å². The largest absolute Gasteiger partial charge is 0.455 e. The Balaban J connectivity index is 1.16. The maximum Gasteiger partial charge on any atom is 0.143 e. The van der Waals surface area contributed by atoms with Gasteiger partial charge in [0.25, 0.3) is 0 Å². The maximum atomic E-state index is 6.38. The zero-order chi connectivity index (χ0) is 30.6. The number of rotatable bonds is 2. The molecule has 2 heterocycles. The molecule has 0 saturated carbocycles. The summed E-state index contributed by atoms with van der Waals surface area (Å²) in [4.78, 5) is 5.42. The summed E-state index contributed by atoms with van der Waals surface area (Å²) in [6.07, 6.45) is 0. The minimum atomic E-state index is -0.157. The first-order valence-corrected chi connectivity index (χ1v) is 16.0. The molecular formula is C44H29NO. The molecular weight excluding hydrogens is 558 g/mol. The standard InChI is InChI=1S/C44H29NO/c1-44(2)38-21-22-40(27-12-9-11-26(23-27)28-18-10-19-34-33-17-7-8-20-41(33)46-43(28)34)45-42(38)37-24-35-31-15-5-3-13-29(31)30-14-4-6-16-32(30)36(35)25-39(37)44/h3-25H,1-2H3. The smallest absolute Gasteiger partial charge is 0.143 e. The molecule has 0 atom stereocenters. The van der Waals surface area contributed by atoms with Crippen LogP contribution < -0.4 is 0 Å². The van der Waals surface area contributed by atoms with Gasteiger partial charge < -0.3 is 4.42 Å². The summed E-state index contributed by atoms with van der Waals surface area (Å²) in [6.45, 7) is 4.67. The SMILES string of the molecule is CC1(C)c2cc3c4ccccc4c4ccccc4c3cc2-c2nc(-c3cccc(-c4cccc5c4oc4ccccc45)c3)ccc21. The van der Waals surface area contributed by atoms with Crippen molar-refractivity contribution in [3.63, 3.8) is 0 Å².